The molecule has 0 radical (unpaired) electrons. The number of nitrogens with zero attached hydrogens (tertiary/aromatic N) is 1. The number of hydrogen-bond acceptors (Lipinski definition) is 4. The SMILES string of the molecule is Cc1cc(=O)[nH]c(SC[C@@H]2CCCN2)n1. The summed E-state index contributed by atoms with van der Waals surface area (Å²) in [4.78, 5) is 18.2. The number of aromatic nitrogens is 2. The lowest BCUT2D eigenvalue weighted by molar-refractivity contribution is 0.672. The van der Waals surface area contributed by atoms with E-state index in [-0.39, 0.29) is 5.56 Å². The zero-order valence-corrected chi connectivity index (χ0v) is 9.56. The Morgan fingerprint density at radius 1 is 1.67 bits per heavy atom. The summed E-state index contributed by atoms with van der Waals surface area (Å²) in [5, 5.41) is 4.15. The topological polar surface area (TPSA) is 57.8 Å². The van der Waals surface area contributed by atoms with Crippen LogP contribution in [-0.2, 0) is 0 Å². The van der Waals surface area contributed by atoms with Crippen molar-refractivity contribution in [3.63, 3.8) is 0 Å². The highest BCUT2D eigenvalue weighted by molar-refractivity contribution is 7.99. The van der Waals surface area contributed by atoms with E-state index in [2.05, 4.69) is 15.3 Å². The molecule has 0 aromatic carbocycles. The fraction of sp³-hybridized carbons (Fsp3) is 0.600. The first-order chi connectivity index (χ1) is 7.24. The molecule has 2 rings (SSSR count). The molecular formula is C10H15N3OS. The van der Waals surface area contributed by atoms with E-state index in [1.54, 1.807) is 11.8 Å². The molecular weight excluding hydrogens is 210 g/mol. The summed E-state index contributed by atoms with van der Waals surface area (Å²) in [5.74, 6) is 0.979. The highest BCUT2D eigenvalue weighted by Crippen LogP contribution is 2.16. The molecule has 0 aliphatic carbocycles. The third-order valence-electron chi connectivity index (χ3n) is 2.43. The molecule has 1 atom stereocenters. The molecule has 1 saturated heterocycles. The second kappa shape index (κ2) is 4.81. The molecule has 5 heteroatoms. The van der Waals surface area contributed by atoms with E-state index in [4.69, 9.17) is 0 Å². The van der Waals surface area contributed by atoms with E-state index in [0.717, 1.165) is 23.1 Å². The lowest BCUT2D eigenvalue weighted by Crippen LogP contribution is -2.24. The van der Waals surface area contributed by atoms with Gasteiger partial charge in [-0.3, -0.25) is 4.79 Å². The maximum Gasteiger partial charge on any atom is 0.251 e. The van der Waals surface area contributed by atoms with Crippen LogP contribution in [0.5, 0.6) is 0 Å². The van der Waals surface area contributed by atoms with E-state index < -0.39 is 0 Å². The predicted molar refractivity (Wildman–Crippen MR) is 61.3 cm³/mol. The Hall–Kier alpha value is -0.810. The van der Waals surface area contributed by atoms with Crippen molar-refractivity contribution in [3.05, 3.63) is 22.1 Å². The maximum absolute atomic E-state index is 11.2. The van der Waals surface area contributed by atoms with Crippen molar-refractivity contribution in [1.82, 2.24) is 15.3 Å². The van der Waals surface area contributed by atoms with Crippen molar-refractivity contribution in [1.29, 1.82) is 0 Å². The van der Waals surface area contributed by atoms with Crippen molar-refractivity contribution in [3.8, 4) is 0 Å². The van der Waals surface area contributed by atoms with Crippen LogP contribution in [0.25, 0.3) is 0 Å². The number of aromatic amines is 1. The van der Waals surface area contributed by atoms with Crippen molar-refractivity contribution in [2.45, 2.75) is 31.0 Å². The molecule has 0 spiro atoms. The summed E-state index contributed by atoms with van der Waals surface area (Å²) < 4.78 is 0. The molecule has 0 saturated carbocycles. The Labute approximate surface area is 92.9 Å². The molecule has 1 aliphatic rings. The molecule has 1 aromatic heterocycles. The van der Waals surface area contributed by atoms with Crippen LogP contribution in [0.4, 0.5) is 0 Å². The number of nitrogens with one attached hydrogen (secondary N) is 2. The second-order valence-electron chi connectivity index (χ2n) is 3.80. The molecule has 2 heterocycles. The smallest absolute Gasteiger partial charge is 0.251 e. The highest BCUT2D eigenvalue weighted by atomic mass is 32.2. The van der Waals surface area contributed by atoms with E-state index >= 15 is 0 Å². The summed E-state index contributed by atoms with van der Waals surface area (Å²) in [6.07, 6.45) is 2.48. The molecule has 1 fully saturated rings. The van der Waals surface area contributed by atoms with Crippen molar-refractivity contribution in [2.75, 3.05) is 12.3 Å². The second-order valence-corrected chi connectivity index (χ2v) is 4.80. The van der Waals surface area contributed by atoms with Gasteiger partial charge in [-0.25, -0.2) is 4.98 Å². The highest BCUT2D eigenvalue weighted by Gasteiger charge is 2.14. The Bertz CT molecular complexity index is 384. The van der Waals surface area contributed by atoms with Gasteiger partial charge in [0.15, 0.2) is 5.16 Å². The summed E-state index contributed by atoms with van der Waals surface area (Å²) in [5.41, 5.74) is 0.713. The third kappa shape index (κ3) is 3.07. The van der Waals surface area contributed by atoms with E-state index in [9.17, 15) is 4.79 Å². The van der Waals surface area contributed by atoms with Gasteiger partial charge in [-0.1, -0.05) is 11.8 Å². The van der Waals surface area contributed by atoms with Crippen LogP contribution >= 0.6 is 11.8 Å². The van der Waals surface area contributed by atoms with Crippen LogP contribution in [0, 0.1) is 6.92 Å². The summed E-state index contributed by atoms with van der Waals surface area (Å²) in [6.45, 7) is 2.95. The standard InChI is InChI=1S/C10H15N3OS/c1-7-5-9(14)13-10(12-7)15-6-8-3-2-4-11-8/h5,8,11H,2-4,6H2,1H3,(H,12,13,14)/t8-/m0/s1. The fourth-order valence-corrected chi connectivity index (χ4v) is 2.72. The van der Waals surface area contributed by atoms with Crippen LogP contribution in [0.2, 0.25) is 0 Å². The predicted octanol–water partition coefficient (Wildman–Crippen LogP) is 0.922. The largest absolute Gasteiger partial charge is 0.313 e. The van der Waals surface area contributed by atoms with Crippen LogP contribution in [0.3, 0.4) is 0 Å². The first kappa shape index (κ1) is 10.7. The Morgan fingerprint density at radius 3 is 3.20 bits per heavy atom. The average molecular weight is 225 g/mol. The normalized spacial score (nSPS) is 20.7. The Balaban J connectivity index is 1.95. The fourth-order valence-electron chi connectivity index (χ4n) is 1.70. The summed E-state index contributed by atoms with van der Waals surface area (Å²) in [6, 6.07) is 2.08. The van der Waals surface area contributed by atoms with E-state index in [1.807, 2.05) is 6.92 Å². The van der Waals surface area contributed by atoms with Crippen LogP contribution in [0.1, 0.15) is 18.5 Å². The first-order valence-corrected chi connectivity index (χ1v) is 6.17. The van der Waals surface area contributed by atoms with E-state index in [0.29, 0.717) is 6.04 Å². The van der Waals surface area contributed by atoms with Gasteiger partial charge in [-0.15, -0.1) is 0 Å². The molecule has 1 aromatic rings. The number of rotatable bonds is 3. The van der Waals surface area contributed by atoms with Gasteiger partial charge in [0.25, 0.3) is 5.56 Å². The lowest BCUT2D eigenvalue weighted by Gasteiger charge is -2.08. The van der Waals surface area contributed by atoms with E-state index in [1.165, 1.54) is 18.9 Å². The van der Waals surface area contributed by atoms with Crippen LogP contribution in [-0.4, -0.2) is 28.3 Å². The Morgan fingerprint density at radius 2 is 2.53 bits per heavy atom. The maximum atomic E-state index is 11.2. The lowest BCUT2D eigenvalue weighted by atomic mass is 10.3. The van der Waals surface area contributed by atoms with Crippen molar-refractivity contribution < 1.29 is 0 Å². The quantitative estimate of drug-likeness (QED) is 0.593. The monoisotopic (exact) mass is 225 g/mol. The zero-order valence-electron chi connectivity index (χ0n) is 8.75. The van der Waals surface area contributed by atoms with Gasteiger partial charge in [0.1, 0.15) is 0 Å². The molecule has 2 N–H and O–H groups in total. The number of aryl methyl sites for hydroxylation is 1. The molecule has 0 unspecified atom stereocenters. The molecule has 15 heavy (non-hydrogen) atoms. The molecule has 1 aliphatic heterocycles. The minimum atomic E-state index is -0.0654. The van der Waals surface area contributed by atoms with Crippen LogP contribution in [0.15, 0.2) is 16.0 Å². The van der Waals surface area contributed by atoms with Crippen molar-refractivity contribution in [2.24, 2.45) is 0 Å². The third-order valence-corrected chi connectivity index (χ3v) is 3.47. The van der Waals surface area contributed by atoms with Gasteiger partial charge < -0.3 is 10.3 Å². The molecule has 0 amide bonds. The van der Waals surface area contributed by atoms with Gasteiger partial charge in [-0.2, -0.15) is 0 Å². The van der Waals surface area contributed by atoms with Gasteiger partial charge in [-0.05, 0) is 26.3 Å². The van der Waals surface area contributed by atoms with Gasteiger partial charge in [0, 0.05) is 23.6 Å². The summed E-state index contributed by atoms with van der Waals surface area (Å²) >= 11 is 1.62. The number of thioether (sulfide) groups is 1. The summed E-state index contributed by atoms with van der Waals surface area (Å²) in [7, 11) is 0. The zero-order chi connectivity index (χ0) is 10.7. The molecule has 0 bridgehead atoms. The number of hydrogen-bond donors (Lipinski definition) is 2. The van der Waals surface area contributed by atoms with Crippen LogP contribution < -0.4 is 10.9 Å². The molecule has 4 nitrogen and oxygen atoms in total. The Kier molecular flexibility index (Phi) is 3.43. The minimum Gasteiger partial charge on any atom is -0.313 e. The van der Waals surface area contributed by atoms with Gasteiger partial charge >= 0.3 is 0 Å². The van der Waals surface area contributed by atoms with Gasteiger partial charge in [0.05, 0.1) is 0 Å². The minimum absolute atomic E-state index is 0.0654. The first-order valence-electron chi connectivity index (χ1n) is 5.18. The van der Waals surface area contributed by atoms with Gasteiger partial charge in [0.2, 0.25) is 0 Å². The van der Waals surface area contributed by atoms with Crippen molar-refractivity contribution >= 4 is 11.8 Å². The average Bonchev–Trinajstić information content (AvgIpc) is 2.65. The molecule has 82 valence electrons. The number of H-pyrrole nitrogens is 1.